The standard InChI is InChI=1S/C12H18N2OS/c1-8(2)11(16)12(15)14-9(3)10-4-6-13-7-5-10/h4-9,11,16H,1-3H3,(H,14,15). The maximum Gasteiger partial charge on any atom is 0.233 e. The van der Waals surface area contributed by atoms with Gasteiger partial charge >= 0.3 is 0 Å². The van der Waals surface area contributed by atoms with Gasteiger partial charge in [-0.15, -0.1) is 0 Å². The zero-order valence-corrected chi connectivity index (χ0v) is 10.7. The first-order chi connectivity index (χ1) is 7.52. The number of thiol groups is 1. The number of rotatable bonds is 4. The maximum absolute atomic E-state index is 11.8. The van der Waals surface area contributed by atoms with Crippen LogP contribution in [0.15, 0.2) is 24.5 Å². The van der Waals surface area contributed by atoms with Gasteiger partial charge in [-0.3, -0.25) is 9.78 Å². The second-order valence-electron chi connectivity index (χ2n) is 4.20. The van der Waals surface area contributed by atoms with Crippen LogP contribution in [0.1, 0.15) is 32.4 Å². The summed E-state index contributed by atoms with van der Waals surface area (Å²) in [6, 6.07) is 3.78. The first kappa shape index (κ1) is 13.0. The van der Waals surface area contributed by atoms with Crippen LogP contribution in [-0.4, -0.2) is 16.1 Å². The molecule has 4 heteroatoms. The number of amides is 1. The lowest BCUT2D eigenvalue weighted by atomic mass is 10.1. The maximum atomic E-state index is 11.8. The van der Waals surface area contributed by atoms with E-state index in [2.05, 4.69) is 22.9 Å². The highest BCUT2D eigenvalue weighted by Crippen LogP contribution is 2.14. The van der Waals surface area contributed by atoms with Crippen molar-refractivity contribution in [3.05, 3.63) is 30.1 Å². The summed E-state index contributed by atoms with van der Waals surface area (Å²) in [5.74, 6) is 0.204. The van der Waals surface area contributed by atoms with Crippen molar-refractivity contribution >= 4 is 18.5 Å². The Bertz CT molecular complexity index is 340. The average molecular weight is 238 g/mol. The average Bonchev–Trinajstić information content (AvgIpc) is 2.28. The molecule has 88 valence electrons. The predicted octanol–water partition coefficient (Wildman–Crippen LogP) is 2.21. The first-order valence-electron chi connectivity index (χ1n) is 5.40. The summed E-state index contributed by atoms with van der Waals surface area (Å²) >= 11 is 4.28. The van der Waals surface area contributed by atoms with Gasteiger partial charge < -0.3 is 5.32 Å². The smallest absolute Gasteiger partial charge is 0.233 e. The van der Waals surface area contributed by atoms with E-state index in [0.717, 1.165) is 5.56 Å². The molecule has 2 atom stereocenters. The van der Waals surface area contributed by atoms with Crippen molar-refractivity contribution in [1.29, 1.82) is 0 Å². The molecule has 1 aromatic rings. The summed E-state index contributed by atoms with van der Waals surface area (Å²) in [6.45, 7) is 5.91. The van der Waals surface area contributed by atoms with E-state index in [9.17, 15) is 4.79 Å². The lowest BCUT2D eigenvalue weighted by Gasteiger charge is -2.19. The van der Waals surface area contributed by atoms with Gasteiger partial charge in [-0.1, -0.05) is 13.8 Å². The summed E-state index contributed by atoms with van der Waals surface area (Å²) in [5.41, 5.74) is 1.05. The Labute approximate surface area is 102 Å². The number of pyridine rings is 1. The molecule has 0 aliphatic heterocycles. The Balaban J connectivity index is 2.58. The molecule has 1 N–H and O–H groups in total. The van der Waals surface area contributed by atoms with Crippen molar-refractivity contribution in [2.45, 2.75) is 32.1 Å². The molecular weight excluding hydrogens is 220 g/mol. The van der Waals surface area contributed by atoms with Gasteiger partial charge in [0.1, 0.15) is 0 Å². The van der Waals surface area contributed by atoms with Gasteiger partial charge in [0.2, 0.25) is 5.91 Å². The van der Waals surface area contributed by atoms with Crippen molar-refractivity contribution in [3.8, 4) is 0 Å². The number of carbonyl (C=O) groups excluding carboxylic acids is 1. The summed E-state index contributed by atoms with van der Waals surface area (Å²) < 4.78 is 0. The molecule has 2 unspecified atom stereocenters. The van der Waals surface area contributed by atoms with E-state index in [4.69, 9.17) is 0 Å². The minimum atomic E-state index is -0.260. The molecule has 0 radical (unpaired) electrons. The fourth-order valence-corrected chi connectivity index (χ4v) is 1.41. The van der Waals surface area contributed by atoms with Crippen LogP contribution in [0.4, 0.5) is 0 Å². The Kier molecular flexibility index (Phi) is 4.80. The van der Waals surface area contributed by atoms with E-state index >= 15 is 0 Å². The lowest BCUT2D eigenvalue weighted by Crippen LogP contribution is -2.36. The predicted molar refractivity (Wildman–Crippen MR) is 68.4 cm³/mol. The van der Waals surface area contributed by atoms with Crippen molar-refractivity contribution in [2.75, 3.05) is 0 Å². The molecule has 0 aromatic carbocycles. The van der Waals surface area contributed by atoms with Crippen LogP contribution in [-0.2, 0) is 4.79 Å². The van der Waals surface area contributed by atoms with Gasteiger partial charge in [-0.2, -0.15) is 12.6 Å². The molecule has 0 saturated carbocycles. The molecule has 1 heterocycles. The molecule has 0 aliphatic rings. The highest BCUT2D eigenvalue weighted by Gasteiger charge is 2.19. The zero-order chi connectivity index (χ0) is 12.1. The van der Waals surface area contributed by atoms with E-state index < -0.39 is 0 Å². The highest BCUT2D eigenvalue weighted by molar-refractivity contribution is 7.81. The van der Waals surface area contributed by atoms with Crippen LogP contribution in [0, 0.1) is 5.92 Å². The zero-order valence-electron chi connectivity index (χ0n) is 9.84. The number of hydrogen-bond acceptors (Lipinski definition) is 3. The third-order valence-corrected chi connectivity index (χ3v) is 3.30. The second kappa shape index (κ2) is 5.89. The van der Waals surface area contributed by atoms with E-state index in [0.29, 0.717) is 0 Å². The van der Waals surface area contributed by atoms with Crippen molar-refractivity contribution in [3.63, 3.8) is 0 Å². The lowest BCUT2D eigenvalue weighted by molar-refractivity contribution is -0.121. The summed E-state index contributed by atoms with van der Waals surface area (Å²) in [5, 5.41) is 2.67. The summed E-state index contributed by atoms with van der Waals surface area (Å²) in [4.78, 5) is 15.7. The van der Waals surface area contributed by atoms with Gasteiger partial charge in [0.25, 0.3) is 0 Å². The normalized spacial score (nSPS) is 14.6. The Morgan fingerprint density at radius 3 is 2.38 bits per heavy atom. The van der Waals surface area contributed by atoms with E-state index in [1.165, 1.54) is 0 Å². The molecule has 1 aromatic heterocycles. The SMILES string of the molecule is CC(NC(=O)C(S)C(C)C)c1ccncc1. The molecule has 0 fully saturated rings. The molecule has 16 heavy (non-hydrogen) atoms. The van der Waals surface area contributed by atoms with Crippen LogP contribution < -0.4 is 5.32 Å². The van der Waals surface area contributed by atoms with Crippen LogP contribution in [0.2, 0.25) is 0 Å². The fourth-order valence-electron chi connectivity index (χ4n) is 1.34. The van der Waals surface area contributed by atoms with Gasteiger partial charge in [-0.25, -0.2) is 0 Å². The molecule has 0 bridgehead atoms. The van der Waals surface area contributed by atoms with Crippen LogP contribution >= 0.6 is 12.6 Å². The van der Waals surface area contributed by atoms with Crippen LogP contribution in [0.5, 0.6) is 0 Å². The molecule has 0 spiro atoms. The monoisotopic (exact) mass is 238 g/mol. The minimum Gasteiger partial charge on any atom is -0.349 e. The molecule has 1 rings (SSSR count). The fraction of sp³-hybridized carbons (Fsp3) is 0.500. The second-order valence-corrected chi connectivity index (χ2v) is 4.76. The van der Waals surface area contributed by atoms with Crippen molar-refractivity contribution in [1.82, 2.24) is 10.3 Å². The number of hydrogen-bond donors (Lipinski definition) is 2. The van der Waals surface area contributed by atoms with Gasteiger partial charge in [0, 0.05) is 12.4 Å². The Morgan fingerprint density at radius 1 is 1.31 bits per heavy atom. The van der Waals surface area contributed by atoms with Crippen LogP contribution in [0.3, 0.4) is 0 Å². The molecule has 1 amide bonds. The molecule has 0 aliphatic carbocycles. The minimum absolute atomic E-state index is 0.0103. The highest BCUT2D eigenvalue weighted by atomic mass is 32.1. The number of aromatic nitrogens is 1. The molecule has 0 saturated heterocycles. The van der Waals surface area contributed by atoms with Gasteiger partial charge in [-0.05, 0) is 30.5 Å². The van der Waals surface area contributed by atoms with Crippen molar-refractivity contribution < 1.29 is 4.79 Å². The summed E-state index contributed by atoms with van der Waals surface area (Å²) in [6.07, 6.45) is 3.44. The number of nitrogens with one attached hydrogen (secondary N) is 1. The molecule has 3 nitrogen and oxygen atoms in total. The number of carbonyl (C=O) groups is 1. The Morgan fingerprint density at radius 2 is 1.88 bits per heavy atom. The van der Waals surface area contributed by atoms with Crippen LogP contribution in [0.25, 0.3) is 0 Å². The largest absolute Gasteiger partial charge is 0.349 e. The van der Waals surface area contributed by atoms with Gasteiger partial charge in [0.05, 0.1) is 11.3 Å². The quantitative estimate of drug-likeness (QED) is 0.790. The third-order valence-electron chi connectivity index (χ3n) is 2.46. The van der Waals surface area contributed by atoms with Gasteiger partial charge in [0.15, 0.2) is 0 Å². The third kappa shape index (κ3) is 3.52. The molecular formula is C12H18N2OS. The Hall–Kier alpha value is -1.03. The summed E-state index contributed by atoms with van der Waals surface area (Å²) in [7, 11) is 0. The number of nitrogens with zero attached hydrogens (tertiary/aromatic N) is 1. The van der Waals surface area contributed by atoms with Crippen molar-refractivity contribution in [2.24, 2.45) is 5.92 Å². The van der Waals surface area contributed by atoms with E-state index in [1.54, 1.807) is 12.4 Å². The topological polar surface area (TPSA) is 42.0 Å². The van der Waals surface area contributed by atoms with E-state index in [1.807, 2.05) is 32.9 Å². The van der Waals surface area contributed by atoms with E-state index in [-0.39, 0.29) is 23.1 Å². The first-order valence-corrected chi connectivity index (χ1v) is 5.92.